The molecular weight excluding hydrogens is 351 g/mol. The molecular formula is C19H23BN8. The summed E-state index contributed by atoms with van der Waals surface area (Å²) in [5.41, 5.74) is 9.33. The Kier molecular flexibility index (Phi) is 5.14. The molecule has 0 aliphatic carbocycles. The first kappa shape index (κ1) is 18.3. The summed E-state index contributed by atoms with van der Waals surface area (Å²) in [6.07, 6.45) is 7.19. The third-order valence-electron chi connectivity index (χ3n) is 5.18. The Morgan fingerprint density at radius 1 is 1.36 bits per heavy atom. The molecule has 1 saturated heterocycles. The van der Waals surface area contributed by atoms with Gasteiger partial charge < -0.3 is 16.0 Å². The van der Waals surface area contributed by atoms with E-state index < -0.39 is 0 Å². The van der Waals surface area contributed by atoms with Crippen LogP contribution in [0.1, 0.15) is 30.0 Å². The first-order valence-corrected chi connectivity index (χ1v) is 9.40. The van der Waals surface area contributed by atoms with Crippen LogP contribution >= 0.6 is 0 Å². The maximum absolute atomic E-state index is 6.11. The molecule has 2 radical (unpaired) electrons. The zero-order valence-corrected chi connectivity index (χ0v) is 15.9. The molecule has 0 aromatic carbocycles. The van der Waals surface area contributed by atoms with Crippen LogP contribution in [-0.4, -0.2) is 58.4 Å². The van der Waals surface area contributed by atoms with Crippen molar-refractivity contribution in [2.45, 2.75) is 25.3 Å². The van der Waals surface area contributed by atoms with E-state index in [1.165, 1.54) is 0 Å². The van der Waals surface area contributed by atoms with Gasteiger partial charge in [0.1, 0.15) is 19.3 Å². The summed E-state index contributed by atoms with van der Waals surface area (Å²) in [5, 5.41) is 7.82. The molecule has 9 heteroatoms. The van der Waals surface area contributed by atoms with E-state index in [4.69, 9.17) is 18.6 Å². The van der Waals surface area contributed by atoms with E-state index in [1.807, 2.05) is 18.3 Å². The van der Waals surface area contributed by atoms with Crippen molar-refractivity contribution >= 4 is 30.7 Å². The molecule has 4 heterocycles. The van der Waals surface area contributed by atoms with Crippen LogP contribution in [0.3, 0.4) is 0 Å². The fourth-order valence-electron chi connectivity index (χ4n) is 3.57. The topological polar surface area (TPSA) is 96.7 Å². The third kappa shape index (κ3) is 3.65. The minimum Gasteiger partial charge on any atom is -0.370 e. The second-order valence-electron chi connectivity index (χ2n) is 6.96. The molecule has 1 fully saturated rings. The summed E-state index contributed by atoms with van der Waals surface area (Å²) < 4.78 is 1.76. The van der Waals surface area contributed by atoms with E-state index in [1.54, 1.807) is 24.0 Å². The van der Waals surface area contributed by atoms with Crippen molar-refractivity contribution in [3.63, 3.8) is 0 Å². The molecule has 0 saturated carbocycles. The van der Waals surface area contributed by atoms with Crippen molar-refractivity contribution in [3.05, 3.63) is 48.0 Å². The number of hydrogen-bond acceptors (Lipinski definition) is 5. The van der Waals surface area contributed by atoms with Gasteiger partial charge in [-0.2, -0.15) is 9.61 Å². The molecule has 0 spiro atoms. The van der Waals surface area contributed by atoms with Crippen LogP contribution < -0.4 is 16.5 Å². The summed E-state index contributed by atoms with van der Waals surface area (Å²) in [6, 6.07) is 6.04. The third-order valence-corrected chi connectivity index (χ3v) is 5.18. The minimum absolute atomic E-state index is 0.346. The van der Waals surface area contributed by atoms with Gasteiger partial charge in [0.15, 0.2) is 5.96 Å². The molecule has 1 aliphatic rings. The lowest BCUT2D eigenvalue weighted by Gasteiger charge is -2.32. The van der Waals surface area contributed by atoms with Crippen molar-refractivity contribution in [2.75, 3.05) is 25.5 Å². The van der Waals surface area contributed by atoms with Gasteiger partial charge in [-0.1, -0.05) is 6.07 Å². The highest BCUT2D eigenvalue weighted by molar-refractivity contribution is 6.36. The number of piperidine rings is 1. The van der Waals surface area contributed by atoms with Crippen molar-refractivity contribution in [3.8, 4) is 0 Å². The summed E-state index contributed by atoms with van der Waals surface area (Å²) in [5.74, 6) is 1.82. The van der Waals surface area contributed by atoms with Gasteiger partial charge in [0.25, 0.3) is 0 Å². The predicted molar refractivity (Wildman–Crippen MR) is 111 cm³/mol. The standard InChI is InChI=1S/C19H23BN8/c1-22-19(21)27-7-4-14(5-8-27)16-9-17(24-11-13-3-2-6-23-10-13)28-18(26-16)15(20)12-25-28/h2-3,6,9-10,12,14,24H,4-5,7-8,11H2,1H3,(H2,21,22). The molecule has 0 atom stereocenters. The molecule has 0 amide bonds. The van der Waals surface area contributed by atoms with Crippen LogP contribution in [0.15, 0.2) is 41.8 Å². The minimum atomic E-state index is 0.346. The number of anilines is 1. The summed E-state index contributed by atoms with van der Waals surface area (Å²) in [4.78, 5) is 15.2. The number of nitrogens with one attached hydrogen (secondary N) is 1. The van der Waals surface area contributed by atoms with E-state index in [9.17, 15) is 0 Å². The van der Waals surface area contributed by atoms with E-state index in [-0.39, 0.29) is 0 Å². The number of fused-ring (bicyclic) bond motifs is 1. The number of aromatic nitrogens is 4. The molecule has 3 aromatic heterocycles. The van der Waals surface area contributed by atoms with Gasteiger partial charge in [0.2, 0.25) is 0 Å². The Labute approximate surface area is 165 Å². The maximum Gasteiger partial charge on any atom is 0.190 e. The van der Waals surface area contributed by atoms with Crippen LogP contribution in [0.5, 0.6) is 0 Å². The maximum atomic E-state index is 6.11. The monoisotopic (exact) mass is 374 g/mol. The molecule has 4 rings (SSSR count). The Morgan fingerprint density at radius 3 is 2.89 bits per heavy atom. The smallest absolute Gasteiger partial charge is 0.190 e. The zero-order valence-electron chi connectivity index (χ0n) is 15.9. The number of guanidine groups is 1. The highest BCUT2D eigenvalue weighted by Gasteiger charge is 2.24. The second kappa shape index (κ2) is 7.88. The number of pyridine rings is 1. The van der Waals surface area contributed by atoms with Crippen molar-refractivity contribution in [1.29, 1.82) is 0 Å². The molecule has 0 bridgehead atoms. The predicted octanol–water partition coefficient (Wildman–Crippen LogP) is 0.654. The Morgan fingerprint density at radius 2 is 2.18 bits per heavy atom. The van der Waals surface area contributed by atoms with Crippen molar-refractivity contribution < 1.29 is 0 Å². The average molecular weight is 374 g/mol. The van der Waals surface area contributed by atoms with Crippen molar-refractivity contribution in [1.82, 2.24) is 24.5 Å². The normalized spacial score (nSPS) is 15.9. The molecule has 3 N–H and O–H groups in total. The molecule has 1 aliphatic heterocycles. The summed E-state index contributed by atoms with van der Waals surface area (Å²) >= 11 is 0. The Hall–Kier alpha value is -3.10. The summed E-state index contributed by atoms with van der Waals surface area (Å²) in [6.45, 7) is 2.38. The number of aliphatic imine (C=N–C) groups is 1. The highest BCUT2D eigenvalue weighted by Crippen LogP contribution is 2.28. The van der Waals surface area contributed by atoms with Gasteiger partial charge in [-0.3, -0.25) is 9.98 Å². The van der Waals surface area contributed by atoms with E-state index in [0.29, 0.717) is 29.5 Å². The number of rotatable bonds is 4. The fraction of sp³-hybridized carbons (Fsp3) is 0.368. The van der Waals surface area contributed by atoms with Gasteiger partial charge in [-0.15, -0.1) is 0 Å². The molecule has 0 unspecified atom stereocenters. The highest BCUT2D eigenvalue weighted by atomic mass is 15.3. The number of hydrogen-bond donors (Lipinski definition) is 2. The largest absolute Gasteiger partial charge is 0.370 e. The van der Waals surface area contributed by atoms with E-state index in [0.717, 1.165) is 43.0 Å². The molecule has 8 nitrogen and oxygen atoms in total. The van der Waals surface area contributed by atoms with Gasteiger partial charge in [0.05, 0.1) is 0 Å². The molecule has 142 valence electrons. The van der Waals surface area contributed by atoms with Gasteiger partial charge in [0, 0.05) is 63.0 Å². The number of nitrogens with two attached hydrogens (primary N) is 1. The van der Waals surface area contributed by atoms with E-state index in [2.05, 4.69) is 31.4 Å². The first-order valence-electron chi connectivity index (χ1n) is 9.40. The van der Waals surface area contributed by atoms with Crippen LogP contribution in [-0.2, 0) is 6.54 Å². The van der Waals surface area contributed by atoms with Crippen molar-refractivity contribution in [2.24, 2.45) is 10.7 Å². The number of nitrogens with zero attached hydrogens (tertiary/aromatic N) is 6. The molecule has 3 aromatic rings. The van der Waals surface area contributed by atoms with Gasteiger partial charge in [-0.05, 0) is 29.9 Å². The lowest BCUT2D eigenvalue weighted by molar-refractivity contribution is 0.307. The quantitative estimate of drug-likeness (QED) is 0.396. The molecule has 28 heavy (non-hydrogen) atoms. The van der Waals surface area contributed by atoms with E-state index >= 15 is 0 Å². The van der Waals surface area contributed by atoms with Crippen LogP contribution in [0.2, 0.25) is 0 Å². The fourth-order valence-corrected chi connectivity index (χ4v) is 3.57. The van der Waals surface area contributed by atoms with Crippen LogP contribution in [0.4, 0.5) is 5.82 Å². The Balaban J connectivity index is 1.58. The zero-order chi connectivity index (χ0) is 19.5. The van der Waals surface area contributed by atoms with Crippen LogP contribution in [0.25, 0.3) is 5.65 Å². The lowest BCUT2D eigenvalue weighted by Crippen LogP contribution is -2.42. The lowest BCUT2D eigenvalue weighted by atomic mass is 9.93. The Bertz CT molecular complexity index is 976. The van der Waals surface area contributed by atoms with Gasteiger partial charge in [-0.25, -0.2) is 4.98 Å². The summed E-state index contributed by atoms with van der Waals surface area (Å²) in [7, 11) is 7.83. The second-order valence-corrected chi connectivity index (χ2v) is 6.96. The SMILES string of the molecule is [B]c1cnn2c(NCc3cccnc3)cc(C3CCN(C(N)=NC)CC3)nc12. The first-order chi connectivity index (χ1) is 13.7. The number of likely N-dealkylation sites (tertiary alicyclic amines) is 1. The average Bonchev–Trinajstić information content (AvgIpc) is 3.13. The van der Waals surface area contributed by atoms with Gasteiger partial charge >= 0.3 is 0 Å². The van der Waals surface area contributed by atoms with Crippen LogP contribution in [0, 0.1) is 0 Å².